The maximum atomic E-state index is 15.0. The molecule has 0 unspecified atom stereocenters. The van der Waals surface area contributed by atoms with Gasteiger partial charge in [0.05, 0.1) is 5.56 Å². The van der Waals surface area contributed by atoms with Gasteiger partial charge in [-0.25, -0.2) is 18.7 Å². The van der Waals surface area contributed by atoms with Gasteiger partial charge in [0.25, 0.3) is 0 Å². The molecule has 0 saturated carbocycles. The van der Waals surface area contributed by atoms with Crippen LogP contribution in [0.1, 0.15) is 5.56 Å². The molecule has 1 aromatic heterocycles. The molecule has 156 valence electrons. The highest BCUT2D eigenvalue weighted by atomic mass is 19.1. The summed E-state index contributed by atoms with van der Waals surface area (Å²) in [7, 11) is 0. The molecule has 0 aliphatic rings. The molecule has 3 aromatic carbocycles. The third kappa shape index (κ3) is 4.53. The monoisotopic (exact) mass is 420 g/mol. The summed E-state index contributed by atoms with van der Waals surface area (Å²) < 4.78 is 40.9. The van der Waals surface area contributed by atoms with Crippen LogP contribution >= 0.6 is 0 Å². The van der Waals surface area contributed by atoms with Crippen LogP contribution in [0.15, 0.2) is 73.1 Å². The van der Waals surface area contributed by atoms with Gasteiger partial charge >= 0.3 is 0 Å². The minimum absolute atomic E-state index is 0.0240. The van der Waals surface area contributed by atoms with Crippen molar-refractivity contribution in [2.45, 2.75) is 6.61 Å². The molecule has 8 heteroatoms. The van der Waals surface area contributed by atoms with Crippen LogP contribution in [0.25, 0.3) is 11.1 Å². The van der Waals surface area contributed by atoms with Crippen LogP contribution < -0.4 is 20.9 Å². The van der Waals surface area contributed by atoms with E-state index >= 15 is 0 Å². The van der Waals surface area contributed by atoms with Crippen molar-refractivity contribution in [1.82, 2.24) is 9.97 Å². The normalized spacial score (nSPS) is 10.6. The Kier molecular flexibility index (Phi) is 5.61. The molecule has 4 rings (SSSR count). The SMILES string of the molecule is Nc1cccc(Oc2ncnc(N)c2-c2cc(F)c(OCc3ccccc3)cc2F)c1. The van der Waals surface area contributed by atoms with E-state index in [1.807, 2.05) is 30.3 Å². The first kappa shape index (κ1) is 20.1. The zero-order valence-corrected chi connectivity index (χ0v) is 16.3. The summed E-state index contributed by atoms with van der Waals surface area (Å²) in [6.45, 7) is 0.0942. The zero-order valence-electron chi connectivity index (χ0n) is 16.3. The van der Waals surface area contributed by atoms with Gasteiger partial charge in [0.15, 0.2) is 11.6 Å². The lowest BCUT2D eigenvalue weighted by atomic mass is 10.1. The lowest BCUT2D eigenvalue weighted by Crippen LogP contribution is -2.03. The quantitative estimate of drug-likeness (QED) is 0.428. The van der Waals surface area contributed by atoms with Crippen LogP contribution in [0.2, 0.25) is 0 Å². The predicted octanol–water partition coefficient (Wildman–Crippen LogP) is 4.96. The number of hydrogen-bond acceptors (Lipinski definition) is 6. The number of nitrogens with two attached hydrogens (primary N) is 2. The number of benzene rings is 3. The van der Waals surface area contributed by atoms with E-state index in [0.717, 1.165) is 17.7 Å². The molecule has 0 aliphatic heterocycles. The van der Waals surface area contributed by atoms with E-state index in [1.165, 1.54) is 6.33 Å². The van der Waals surface area contributed by atoms with Gasteiger partial charge in [-0.05, 0) is 23.8 Å². The summed E-state index contributed by atoms with van der Waals surface area (Å²) in [6, 6.07) is 17.7. The van der Waals surface area contributed by atoms with Crippen LogP contribution in [0.3, 0.4) is 0 Å². The van der Waals surface area contributed by atoms with Crippen molar-refractivity contribution in [2.24, 2.45) is 0 Å². The fourth-order valence-electron chi connectivity index (χ4n) is 2.97. The van der Waals surface area contributed by atoms with Crippen molar-refractivity contribution >= 4 is 11.5 Å². The summed E-state index contributed by atoms with van der Waals surface area (Å²) in [6.07, 6.45) is 1.17. The molecule has 0 saturated heterocycles. The van der Waals surface area contributed by atoms with Gasteiger partial charge in [0, 0.05) is 23.4 Å². The number of nitrogen functional groups attached to an aromatic ring is 2. The Labute approximate surface area is 177 Å². The molecule has 0 amide bonds. The van der Waals surface area contributed by atoms with E-state index in [0.29, 0.717) is 11.4 Å². The number of anilines is 2. The van der Waals surface area contributed by atoms with Gasteiger partial charge in [0.2, 0.25) is 5.88 Å². The van der Waals surface area contributed by atoms with Gasteiger partial charge in [-0.15, -0.1) is 0 Å². The summed E-state index contributed by atoms with van der Waals surface area (Å²) in [5.74, 6) is -1.48. The first-order chi connectivity index (χ1) is 15.0. The van der Waals surface area contributed by atoms with Crippen molar-refractivity contribution in [1.29, 1.82) is 0 Å². The van der Waals surface area contributed by atoms with Gasteiger partial charge in [-0.1, -0.05) is 36.4 Å². The topological polar surface area (TPSA) is 96.3 Å². The molecule has 0 spiro atoms. The number of nitrogens with zero attached hydrogens (tertiary/aromatic N) is 2. The summed E-state index contributed by atoms with van der Waals surface area (Å²) in [5, 5.41) is 0. The smallest absolute Gasteiger partial charge is 0.232 e. The minimum Gasteiger partial charge on any atom is -0.486 e. The molecular weight excluding hydrogens is 402 g/mol. The summed E-state index contributed by atoms with van der Waals surface area (Å²) in [4.78, 5) is 7.92. The third-order valence-electron chi connectivity index (χ3n) is 4.44. The number of aromatic nitrogens is 2. The Hall–Kier alpha value is -4.20. The molecule has 4 N–H and O–H groups in total. The molecule has 0 aliphatic carbocycles. The standard InChI is InChI=1S/C23H18F2N4O2/c24-18-11-20(30-12-14-5-2-1-3-6-14)19(25)10-17(18)21-22(27)28-13-29-23(21)31-16-8-4-7-15(26)9-16/h1-11,13H,12,26H2,(H2,27,28,29). The average molecular weight is 420 g/mol. The van der Waals surface area contributed by atoms with Crippen molar-refractivity contribution in [2.75, 3.05) is 11.5 Å². The summed E-state index contributed by atoms with van der Waals surface area (Å²) in [5.41, 5.74) is 12.9. The molecule has 0 bridgehead atoms. The Morgan fingerprint density at radius 1 is 0.839 bits per heavy atom. The lowest BCUT2D eigenvalue weighted by molar-refractivity contribution is 0.288. The maximum absolute atomic E-state index is 15.0. The first-order valence-corrected chi connectivity index (χ1v) is 9.31. The molecule has 0 atom stereocenters. The predicted molar refractivity (Wildman–Crippen MR) is 113 cm³/mol. The highest BCUT2D eigenvalue weighted by Crippen LogP contribution is 2.38. The van der Waals surface area contributed by atoms with Crippen LogP contribution in [0, 0.1) is 11.6 Å². The Morgan fingerprint density at radius 3 is 2.42 bits per heavy atom. The van der Waals surface area contributed by atoms with Gasteiger partial charge in [-0.2, -0.15) is 0 Å². The number of hydrogen-bond donors (Lipinski definition) is 2. The van der Waals surface area contributed by atoms with Crippen LogP contribution in [-0.4, -0.2) is 9.97 Å². The molecule has 0 fully saturated rings. The average Bonchev–Trinajstić information content (AvgIpc) is 2.75. The van der Waals surface area contributed by atoms with Crippen LogP contribution in [0.4, 0.5) is 20.3 Å². The van der Waals surface area contributed by atoms with Gasteiger partial charge in [-0.3, -0.25) is 0 Å². The first-order valence-electron chi connectivity index (χ1n) is 9.31. The van der Waals surface area contributed by atoms with Crippen LogP contribution in [-0.2, 0) is 6.61 Å². The minimum atomic E-state index is -0.761. The highest BCUT2D eigenvalue weighted by Gasteiger charge is 2.21. The molecule has 0 radical (unpaired) electrons. The molecular formula is C23H18F2N4O2. The fraction of sp³-hybridized carbons (Fsp3) is 0.0435. The van der Waals surface area contributed by atoms with E-state index in [-0.39, 0.29) is 35.2 Å². The van der Waals surface area contributed by atoms with E-state index in [4.69, 9.17) is 20.9 Å². The zero-order chi connectivity index (χ0) is 21.8. The second kappa shape index (κ2) is 8.66. The van der Waals surface area contributed by atoms with Crippen molar-refractivity contribution in [3.8, 4) is 28.5 Å². The highest BCUT2D eigenvalue weighted by molar-refractivity contribution is 5.79. The van der Waals surface area contributed by atoms with Crippen LogP contribution in [0.5, 0.6) is 17.4 Å². The molecule has 1 heterocycles. The van der Waals surface area contributed by atoms with Gasteiger partial charge < -0.3 is 20.9 Å². The Morgan fingerprint density at radius 2 is 1.65 bits per heavy atom. The summed E-state index contributed by atoms with van der Waals surface area (Å²) >= 11 is 0. The second-order valence-corrected chi connectivity index (χ2v) is 6.65. The molecule has 6 nitrogen and oxygen atoms in total. The molecule has 31 heavy (non-hydrogen) atoms. The Balaban J connectivity index is 1.67. The number of halogens is 2. The maximum Gasteiger partial charge on any atom is 0.232 e. The van der Waals surface area contributed by atoms with Crippen molar-refractivity contribution < 1.29 is 18.3 Å². The van der Waals surface area contributed by atoms with Crippen molar-refractivity contribution in [3.05, 3.63) is 90.3 Å². The number of ether oxygens (including phenoxy) is 2. The van der Waals surface area contributed by atoms with E-state index in [9.17, 15) is 8.78 Å². The van der Waals surface area contributed by atoms with E-state index < -0.39 is 11.6 Å². The van der Waals surface area contributed by atoms with Crippen molar-refractivity contribution in [3.63, 3.8) is 0 Å². The van der Waals surface area contributed by atoms with E-state index in [1.54, 1.807) is 24.3 Å². The van der Waals surface area contributed by atoms with Gasteiger partial charge in [0.1, 0.15) is 30.3 Å². The Bertz CT molecular complexity index is 1220. The van der Waals surface area contributed by atoms with E-state index in [2.05, 4.69) is 9.97 Å². The largest absolute Gasteiger partial charge is 0.486 e. The molecule has 4 aromatic rings. The lowest BCUT2D eigenvalue weighted by Gasteiger charge is -2.14. The second-order valence-electron chi connectivity index (χ2n) is 6.65. The fourth-order valence-corrected chi connectivity index (χ4v) is 2.97. The third-order valence-corrected chi connectivity index (χ3v) is 4.44. The number of rotatable bonds is 6.